The van der Waals surface area contributed by atoms with E-state index in [1.165, 1.54) is 32.8 Å². The third-order valence-electron chi connectivity index (χ3n) is 4.97. The number of nitrogens with one attached hydrogen (secondary N) is 1. The molecule has 1 amide bonds. The van der Waals surface area contributed by atoms with E-state index in [0.29, 0.717) is 13.0 Å². The minimum Gasteiger partial charge on any atom is -0.469 e. The molecule has 2 fully saturated rings. The molecule has 1 heterocycles. The number of esters is 1. The smallest absolute Gasteiger partial charge is 0.310 e. The van der Waals surface area contributed by atoms with Crippen molar-refractivity contribution in [2.75, 3.05) is 26.7 Å². The van der Waals surface area contributed by atoms with Gasteiger partial charge in [0.2, 0.25) is 5.91 Å². The Morgan fingerprint density at radius 2 is 1.95 bits per heavy atom. The van der Waals surface area contributed by atoms with Crippen LogP contribution in [0.15, 0.2) is 0 Å². The molecule has 0 aromatic carbocycles. The molecule has 2 atom stereocenters. The Bertz CT molecular complexity index is 380. The number of piperidine rings is 1. The maximum Gasteiger partial charge on any atom is 0.310 e. The van der Waals surface area contributed by atoms with Gasteiger partial charge in [-0.1, -0.05) is 19.8 Å². The fourth-order valence-electron chi connectivity index (χ4n) is 3.71. The van der Waals surface area contributed by atoms with E-state index in [-0.39, 0.29) is 23.8 Å². The highest BCUT2D eigenvalue weighted by Gasteiger charge is 2.34. The average Bonchev–Trinajstić information content (AvgIpc) is 3.05. The van der Waals surface area contributed by atoms with Crippen molar-refractivity contribution >= 4 is 11.9 Å². The minimum absolute atomic E-state index is 0.156. The van der Waals surface area contributed by atoms with E-state index in [9.17, 15) is 9.59 Å². The van der Waals surface area contributed by atoms with E-state index in [1.807, 2.05) is 11.8 Å². The molecule has 0 spiro atoms. The van der Waals surface area contributed by atoms with Gasteiger partial charge in [0, 0.05) is 25.6 Å². The van der Waals surface area contributed by atoms with Crippen molar-refractivity contribution in [3.8, 4) is 0 Å². The Morgan fingerprint density at radius 1 is 1.23 bits per heavy atom. The van der Waals surface area contributed by atoms with Crippen LogP contribution in [-0.2, 0) is 14.3 Å². The number of ether oxygens (including phenoxy) is 1. The van der Waals surface area contributed by atoms with Crippen molar-refractivity contribution in [1.82, 2.24) is 10.2 Å². The average molecular weight is 310 g/mol. The lowest BCUT2D eigenvalue weighted by atomic mass is 9.93. The first-order valence-corrected chi connectivity index (χ1v) is 8.73. The van der Waals surface area contributed by atoms with Crippen LogP contribution < -0.4 is 5.32 Å². The first-order chi connectivity index (χ1) is 10.6. The Morgan fingerprint density at radius 3 is 2.59 bits per heavy atom. The van der Waals surface area contributed by atoms with Crippen LogP contribution in [0.4, 0.5) is 0 Å². The van der Waals surface area contributed by atoms with Gasteiger partial charge in [0.25, 0.3) is 0 Å². The molecule has 0 bridgehead atoms. The number of carbonyl (C=O) groups is 2. The summed E-state index contributed by atoms with van der Waals surface area (Å²) in [6, 6.07) is 0.208. The molecule has 2 aliphatic rings. The van der Waals surface area contributed by atoms with E-state index < -0.39 is 0 Å². The third-order valence-corrected chi connectivity index (χ3v) is 4.97. The van der Waals surface area contributed by atoms with Gasteiger partial charge < -0.3 is 15.0 Å². The lowest BCUT2D eigenvalue weighted by molar-refractivity contribution is -0.149. The van der Waals surface area contributed by atoms with Crippen LogP contribution in [0.1, 0.15) is 51.9 Å². The van der Waals surface area contributed by atoms with E-state index in [2.05, 4.69) is 5.32 Å². The second kappa shape index (κ2) is 8.51. The molecule has 0 aromatic rings. The van der Waals surface area contributed by atoms with E-state index in [0.717, 1.165) is 31.8 Å². The maximum atomic E-state index is 12.2. The SMILES string of the molecule is CCCC(=O)N1CC(NCC2CCCC2)CC(C(=O)OC)C1. The molecule has 0 aromatic heterocycles. The largest absolute Gasteiger partial charge is 0.469 e. The molecule has 1 aliphatic carbocycles. The molecule has 22 heavy (non-hydrogen) atoms. The highest BCUT2D eigenvalue weighted by Crippen LogP contribution is 2.25. The Kier molecular flexibility index (Phi) is 6.68. The minimum atomic E-state index is -0.194. The first-order valence-electron chi connectivity index (χ1n) is 8.73. The molecule has 1 aliphatic heterocycles. The molecule has 1 N–H and O–H groups in total. The van der Waals surface area contributed by atoms with Crippen LogP contribution in [0, 0.1) is 11.8 Å². The van der Waals surface area contributed by atoms with Crippen molar-refractivity contribution in [3.05, 3.63) is 0 Å². The van der Waals surface area contributed by atoms with E-state index >= 15 is 0 Å². The molecule has 1 saturated heterocycles. The van der Waals surface area contributed by atoms with Crippen LogP contribution in [-0.4, -0.2) is 49.6 Å². The maximum absolute atomic E-state index is 12.2. The van der Waals surface area contributed by atoms with Gasteiger partial charge in [-0.2, -0.15) is 0 Å². The number of nitrogens with zero attached hydrogens (tertiary/aromatic N) is 1. The standard InChI is InChI=1S/C17H30N2O3/c1-3-6-16(20)19-11-14(17(21)22-2)9-15(12-19)18-10-13-7-4-5-8-13/h13-15,18H,3-12H2,1-2H3. The molecule has 5 heteroatoms. The zero-order valence-corrected chi connectivity index (χ0v) is 14.0. The molecule has 0 radical (unpaired) electrons. The molecular formula is C17H30N2O3. The van der Waals surface area contributed by atoms with Gasteiger partial charge in [-0.3, -0.25) is 9.59 Å². The summed E-state index contributed by atoms with van der Waals surface area (Å²) in [6.07, 6.45) is 7.46. The highest BCUT2D eigenvalue weighted by atomic mass is 16.5. The van der Waals surface area contributed by atoms with Crippen LogP contribution in [0.2, 0.25) is 0 Å². The Balaban J connectivity index is 1.91. The van der Waals surface area contributed by atoms with Gasteiger partial charge in [0.15, 0.2) is 0 Å². The number of amides is 1. The number of likely N-dealkylation sites (tertiary alicyclic amines) is 1. The predicted molar refractivity (Wildman–Crippen MR) is 85.4 cm³/mol. The quantitative estimate of drug-likeness (QED) is 0.762. The van der Waals surface area contributed by atoms with Gasteiger partial charge in [-0.05, 0) is 38.1 Å². The van der Waals surface area contributed by atoms with Crippen molar-refractivity contribution in [2.45, 2.75) is 57.9 Å². The van der Waals surface area contributed by atoms with E-state index in [1.54, 1.807) is 0 Å². The monoisotopic (exact) mass is 310 g/mol. The summed E-state index contributed by atoms with van der Waals surface area (Å²) in [5, 5.41) is 3.60. The number of hydrogen-bond acceptors (Lipinski definition) is 4. The second-order valence-corrected chi connectivity index (χ2v) is 6.76. The zero-order valence-electron chi connectivity index (χ0n) is 14.0. The molecule has 5 nitrogen and oxygen atoms in total. The molecule has 126 valence electrons. The highest BCUT2D eigenvalue weighted by molar-refractivity contribution is 5.78. The third kappa shape index (κ3) is 4.70. The van der Waals surface area contributed by atoms with Crippen LogP contribution in [0.5, 0.6) is 0 Å². The van der Waals surface area contributed by atoms with Gasteiger partial charge in [-0.25, -0.2) is 0 Å². The fraction of sp³-hybridized carbons (Fsp3) is 0.882. The lowest BCUT2D eigenvalue weighted by Crippen LogP contribution is -2.53. The lowest BCUT2D eigenvalue weighted by Gasteiger charge is -2.37. The van der Waals surface area contributed by atoms with Gasteiger partial charge in [-0.15, -0.1) is 0 Å². The Labute approximate surface area is 133 Å². The van der Waals surface area contributed by atoms with Crippen LogP contribution in [0.25, 0.3) is 0 Å². The van der Waals surface area contributed by atoms with Crippen molar-refractivity contribution in [1.29, 1.82) is 0 Å². The molecule has 2 rings (SSSR count). The van der Waals surface area contributed by atoms with Crippen LogP contribution in [0.3, 0.4) is 0 Å². The summed E-state index contributed by atoms with van der Waals surface area (Å²) in [4.78, 5) is 26.0. The second-order valence-electron chi connectivity index (χ2n) is 6.76. The number of hydrogen-bond donors (Lipinski definition) is 1. The van der Waals surface area contributed by atoms with Crippen molar-refractivity contribution < 1.29 is 14.3 Å². The van der Waals surface area contributed by atoms with Crippen molar-refractivity contribution in [3.63, 3.8) is 0 Å². The zero-order chi connectivity index (χ0) is 15.9. The molecular weight excluding hydrogens is 280 g/mol. The van der Waals surface area contributed by atoms with Crippen LogP contribution >= 0.6 is 0 Å². The number of methoxy groups -OCH3 is 1. The summed E-state index contributed by atoms with van der Waals surface area (Å²) < 4.78 is 4.90. The topological polar surface area (TPSA) is 58.6 Å². The number of rotatable bonds is 6. The van der Waals surface area contributed by atoms with E-state index in [4.69, 9.17) is 4.74 Å². The van der Waals surface area contributed by atoms with Gasteiger partial charge in [0.1, 0.15) is 0 Å². The Hall–Kier alpha value is -1.10. The normalized spacial score (nSPS) is 26.2. The van der Waals surface area contributed by atoms with Crippen molar-refractivity contribution in [2.24, 2.45) is 11.8 Å². The summed E-state index contributed by atoms with van der Waals surface area (Å²) in [5.74, 6) is 0.532. The summed E-state index contributed by atoms with van der Waals surface area (Å²) in [5.41, 5.74) is 0. The fourth-order valence-corrected chi connectivity index (χ4v) is 3.71. The predicted octanol–water partition coefficient (Wildman–Crippen LogP) is 1.96. The molecule has 2 unspecified atom stereocenters. The summed E-state index contributed by atoms with van der Waals surface area (Å²) in [7, 11) is 1.43. The molecule has 1 saturated carbocycles. The first kappa shape index (κ1) is 17.3. The van der Waals surface area contributed by atoms with Gasteiger partial charge in [0.05, 0.1) is 13.0 Å². The summed E-state index contributed by atoms with van der Waals surface area (Å²) in [6.45, 7) is 4.25. The number of carbonyl (C=O) groups excluding carboxylic acids is 2. The summed E-state index contributed by atoms with van der Waals surface area (Å²) >= 11 is 0. The van der Waals surface area contributed by atoms with Gasteiger partial charge >= 0.3 is 5.97 Å².